The molecule has 1 atom stereocenters. The van der Waals surface area contributed by atoms with Gasteiger partial charge in [0.05, 0.1) is 5.39 Å². The van der Waals surface area contributed by atoms with Crippen LogP contribution in [0.15, 0.2) is 27.9 Å². The molecule has 1 amide bonds. The number of unbranched alkanes of at least 4 members (excludes halogenated alkanes) is 1. The van der Waals surface area contributed by atoms with Gasteiger partial charge in [-0.2, -0.15) is 0 Å². The lowest BCUT2D eigenvalue weighted by molar-refractivity contribution is -0.121. The van der Waals surface area contributed by atoms with Crippen molar-refractivity contribution in [2.45, 2.75) is 43.9 Å². The normalized spacial score (nSPS) is 16.8. The Morgan fingerprint density at radius 2 is 2.27 bits per heavy atom. The van der Waals surface area contributed by atoms with E-state index in [0.717, 1.165) is 22.7 Å². The van der Waals surface area contributed by atoms with Crippen LogP contribution in [0.2, 0.25) is 0 Å². The van der Waals surface area contributed by atoms with Gasteiger partial charge >= 0.3 is 5.69 Å². The molecule has 3 rings (SSSR count). The lowest BCUT2D eigenvalue weighted by atomic mass is 10.1. The van der Waals surface area contributed by atoms with Crippen LogP contribution >= 0.6 is 21.6 Å². The smallest absolute Gasteiger partial charge is 0.330 e. The van der Waals surface area contributed by atoms with Crippen LogP contribution in [0.5, 0.6) is 0 Å². The molecule has 9 heteroatoms. The molecular weight excluding hydrogens is 372 g/mol. The van der Waals surface area contributed by atoms with Gasteiger partial charge in [0.25, 0.3) is 5.56 Å². The van der Waals surface area contributed by atoms with Crippen molar-refractivity contribution in [1.29, 1.82) is 0 Å². The first kappa shape index (κ1) is 19.0. The van der Waals surface area contributed by atoms with Crippen molar-refractivity contribution in [3.05, 3.63) is 39.2 Å². The quantitative estimate of drug-likeness (QED) is 0.524. The van der Waals surface area contributed by atoms with E-state index in [4.69, 9.17) is 0 Å². The molecule has 3 heterocycles. The Balaban J connectivity index is 1.44. The summed E-state index contributed by atoms with van der Waals surface area (Å²) in [7, 11) is 3.90. The highest BCUT2D eigenvalue weighted by atomic mass is 33.1. The van der Waals surface area contributed by atoms with Crippen LogP contribution in [0, 0.1) is 0 Å². The van der Waals surface area contributed by atoms with Crippen molar-refractivity contribution in [1.82, 2.24) is 19.9 Å². The predicted molar refractivity (Wildman–Crippen MR) is 107 cm³/mol. The molecule has 1 unspecified atom stereocenters. The van der Waals surface area contributed by atoms with Crippen LogP contribution in [0.3, 0.4) is 0 Å². The van der Waals surface area contributed by atoms with E-state index in [1.807, 2.05) is 21.6 Å². The Hall–Kier alpha value is -1.74. The van der Waals surface area contributed by atoms with Gasteiger partial charge in [-0.1, -0.05) is 28.0 Å². The Labute approximate surface area is 158 Å². The molecule has 1 saturated heterocycles. The largest absolute Gasteiger partial charge is 0.354 e. The summed E-state index contributed by atoms with van der Waals surface area (Å²) in [6, 6.07) is 3.27. The molecule has 2 N–H and O–H groups in total. The molecule has 140 valence electrons. The number of fused-ring (bicyclic) bond motifs is 1. The molecule has 0 spiro atoms. The summed E-state index contributed by atoms with van der Waals surface area (Å²) < 4.78 is 1.10. The third-order valence-electron chi connectivity index (χ3n) is 4.32. The molecule has 0 bridgehead atoms. The van der Waals surface area contributed by atoms with Crippen LogP contribution in [-0.2, 0) is 11.3 Å². The third-order valence-corrected chi connectivity index (χ3v) is 7.33. The maximum Gasteiger partial charge on any atom is 0.330 e. The lowest BCUT2D eigenvalue weighted by Gasteiger charge is -2.09. The fraction of sp³-hybridized carbons (Fsp3) is 0.529. The Kier molecular flexibility index (Phi) is 6.79. The Morgan fingerprint density at radius 1 is 1.38 bits per heavy atom. The van der Waals surface area contributed by atoms with E-state index in [2.05, 4.69) is 15.3 Å². The van der Waals surface area contributed by atoms with Crippen LogP contribution < -0.4 is 16.6 Å². The number of nitrogens with zero attached hydrogens (tertiary/aromatic N) is 2. The van der Waals surface area contributed by atoms with Crippen molar-refractivity contribution < 1.29 is 4.79 Å². The predicted octanol–water partition coefficient (Wildman–Crippen LogP) is 1.92. The third kappa shape index (κ3) is 4.91. The minimum Gasteiger partial charge on any atom is -0.354 e. The first-order valence-corrected chi connectivity index (χ1v) is 11.2. The molecule has 2 aromatic heterocycles. The second-order valence-electron chi connectivity index (χ2n) is 6.21. The van der Waals surface area contributed by atoms with E-state index in [9.17, 15) is 14.4 Å². The molecule has 0 saturated carbocycles. The summed E-state index contributed by atoms with van der Waals surface area (Å²) in [4.78, 5) is 42.8. The number of H-pyrrole nitrogens is 1. The van der Waals surface area contributed by atoms with Crippen LogP contribution in [0.4, 0.5) is 0 Å². The number of rotatable bonds is 8. The molecule has 26 heavy (non-hydrogen) atoms. The number of aromatic nitrogens is 3. The molecule has 0 aliphatic carbocycles. The number of nitrogens with one attached hydrogen (secondary N) is 2. The molecule has 1 fully saturated rings. The fourth-order valence-corrected chi connectivity index (χ4v) is 5.93. The van der Waals surface area contributed by atoms with Crippen LogP contribution in [0.25, 0.3) is 11.0 Å². The minimum absolute atomic E-state index is 0.0367. The van der Waals surface area contributed by atoms with Crippen LogP contribution in [0.1, 0.15) is 32.1 Å². The van der Waals surface area contributed by atoms with Gasteiger partial charge < -0.3 is 5.32 Å². The SMILES string of the molecule is O=C(CCCCC1CCSS1)NCCn1c(=O)[nH]c2ncccc2c1=O. The number of aromatic amines is 1. The fourth-order valence-electron chi connectivity index (χ4n) is 2.90. The Bertz CT molecular complexity index is 874. The summed E-state index contributed by atoms with van der Waals surface area (Å²) in [6.07, 6.45) is 6.37. The lowest BCUT2D eigenvalue weighted by Crippen LogP contribution is -2.39. The highest BCUT2D eigenvalue weighted by molar-refractivity contribution is 8.77. The zero-order chi connectivity index (χ0) is 18.4. The van der Waals surface area contributed by atoms with Gasteiger partial charge in [-0.05, 0) is 31.4 Å². The first-order valence-electron chi connectivity index (χ1n) is 8.78. The monoisotopic (exact) mass is 394 g/mol. The highest BCUT2D eigenvalue weighted by Crippen LogP contribution is 2.39. The summed E-state index contributed by atoms with van der Waals surface area (Å²) in [6.45, 7) is 0.392. The van der Waals surface area contributed by atoms with Gasteiger partial charge in [-0.25, -0.2) is 9.78 Å². The second kappa shape index (κ2) is 9.27. The number of amides is 1. The van der Waals surface area contributed by atoms with Gasteiger partial charge in [0.15, 0.2) is 0 Å². The zero-order valence-corrected chi connectivity index (χ0v) is 16.0. The number of carbonyl (C=O) groups is 1. The standard InChI is InChI=1S/C17H22N4O3S2/c22-14(6-2-1-4-12-7-11-25-26-12)18-9-10-21-16(23)13-5-3-8-19-15(13)20-17(21)24/h3,5,8,12H,1-2,4,6-7,9-11H2,(H,18,22)(H,19,20,24). The maximum atomic E-state index is 12.3. The van der Waals surface area contributed by atoms with Crippen molar-refractivity contribution in [3.8, 4) is 0 Å². The van der Waals surface area contributed by atoms with E-state index < -0.39 is 11.2 Å². The van der Waals surface area contributed by atoms with Crippen molar-refractivity contribution in [2.75, 3.05) is 12.3 Å². The van der Waals surface area contributed by atoms with Crippen molar-refractivity contribution in [2.24, 2.45) is 0 Å². The zero-order valence-electron chi connectivity index (χ0n) is 14.4. The van der Waals surface area contributed by atoms with E-state index in [1.165, 1.54) is 24.8 Å². The first-order chi connectivity index (χ1) is 12.6. The number of hydrogen-bond acceptors (Lipinski definition) is 6. The minimum atomic E-state index is -0.512. The molecule has 2 aromatic rings. The van der Waals surface area contributed by atoms with Gasteiger partial charge in [0.1, 0.15) is 5.65 Å². The van der Waals surface area contributed by atoms with Crippen molar-refractivity contribution >= 4 is 38.5 Å². The van der Waals surface area contributed by atoms with Gasteiger partial charge in [0, 0.05) is 36.7 Å². The Morgan fingerprint density at radius 3 is 3.08 bits per heavy atom. The van der Waals surface area contributed by atoms with E-state index in [-0.39, 0.29) is 24.6 Å². The molecule has 0 aromatic carbocycles. The summed E-state index contributed by atoms with van der Waals surface area (Å²) in [5.74, 6) is 1.20. The molecule has 7 nitrogen and oxygen atoms in total. The van der Waals surface area contributed by atoms with E-state index in [0.29, 0.717) is 11.8 Å². The second-order valence-corrected chi connectivity index (χ2v) is 9.00. The van der Waals surface area contributed by atoms with Gasteiger partial charge in [0.2, 0.25) is 5.91 Å². The molecule has 1 aliphatic heterocycles. The van der Waals surface area contributed by atoms with Gasteiger partial charge in [-0.3, -0.25) is 19.1 Å². The average Bonchev–Trinajstić information content (AvgIpc) is 3.15. The highest BCUT2D eigenvalue weighted by Gasteiger charge is 2.15. The van der Waals surface area contributed by atoms with Gasteiger partial charge in [-0.15, -0.1) is 0 Å². The summed E-state index contributed by atoms with van der Waals surface area (Å²) in [5.41, 5.74) is -0.623. The van der Waals surface area contributed by atoms with Crippen LogP contribution in [-0.4, -0.2) is 38.0 Å². The number of hydrogen-bond donors (Lipinski definition) is 2. The van der Waals surface area contributed by atoms with Crippen molar-refractivity contribution in [3.63, 3.8) is 0 Å². The van der Waals surface area contributed by atoms with E-state index in [1.54, 1.807) is 12.1 Å². The molecular formula is C17H22N4O3S2. The number of pyridine rings is 1. The van der Waals surface area contributed by atoms with E-state index >= 15 is 0 Å². The summed E-state index contributed by atoms with van der Waals surface area (Å²) >= 11 is 0. The number of carbonyl (C=O) groups excluding carboxylic acids is 1. The summed E-state index contributed by atoms with van der Waals surface area (Å²) in [5, 5.41) is 3.89. The average molecular weight is 395 g/mol. The molecule has 1 aliphatic rings. The maximum absolute atomic E-state index is 12.3. The molecule has 0 radical (unpaired) electrons. The topological polar surface area (TPSA) is 96.8 Å².